The lowest BCUT2D eigenvalue weighted by atomic mass is 10.1. The molecule has 0 spiro atoms. The van der Waals surface area contributed by atoms with Crippen LogP contribution < -0.4 is 5.32 Å². The Kier molecular flexibility index (Phi) is 5.94. The molecule has 8 heteroatoms. The van der Waals surface area contributed by atoms with E-state index in [4.69, 9.17) is 23.2 Å². The van der Waals surface area contributed by atoms with Gasteiger partial charge in [-0.05, 0) is 51.7 Å². The van der Waals surface area contributed by atoms with Gasteiger partial charge in [0.05, 0.1) is 11.0 Å². The molecule has 4 rings (SSSR count). The molecule has 0 aliphatic carbocycles. The number of nitrogens with one attached hydrogen (secondary N) is 2. The fourth-order valence-electron chi connectivity index (χ4n) is 3.17. The third-order valence-corrected chi connectivity index (χ3v) is 5.79. The Morgan fingerprint density at radius 1 is 1.17 bits per heavy atom. The zero-order valence-corrected chi connectivity index (χ0v) is 18.4. The molecule has 0 radical (unpaired) electrons. The zero-order chi connectivity index (χ0) is 20.4. The third-order valence-electron chi connectivity index (χ3n) is 4.62. The van der Waals surface area contributed by atoms with Gasteiger partial charge in [0.1, 0.15) is 0 Å². The first-order valence-corrected chi connectivity index (χ1v) is 10.6. The van der Waals surface area contributed by atoms with E-state index in [1.807, 2.05) is 30.5 Å². The molecular weight excluding hydrogens is 475 g/mol. The van der Waals surface area contributed by atoms with Crippen LogP contribution in [0.1, 0.15) is 17.5 Å². The number of hydrogen-bond acceptors (Lipinski definition) is 2. The van der Waals surface area contributed by atoms with Crippen LogP contribution in [-0.2, 0) is 17.8 Å². The van der Waals surface area contributed by atoms with Crippen LogP contribution in [-0.4, -0.2) is 20.7 Å². The largest absolute Gasteiger partial charge is 0.361 e. The summed E-state index contributed by atoms with van der Waals surface area (Å²) in [4.78, 5) is 15.7. The molecule has 0 saturated heterocycles. The summed E-state index contributed by atoms with van der Waals surface area (Å²) in [5, 5.41) is 9.62. The van der Waals surface area contributed by atoms with Gasteiger partial charge >= 0.3 is 0 Å². The number of benzene rings is 2. The number of halogens is 3. The number of nitrogens with zero attached hydrogens (tertiary/aromatic N) is 2. The number of anilines is 1. The highest BCUT2D eigenvalue weighted by molar-refractivity contribution is 9.10. The van der Waals surface area contributed by atoms with E-state index in [1.54, 1.807) is 23.0 Å². The minimum Gasteiger partial charge on any atom is -0.361 e. The maximum Gasteiger partial charge on any atom is 0.225 e. The number of para-hydroxylation sites is 1. The van der Waals surface area contributed by atoms with Crippen molar-refractivity contribution in [3.8, 4) is 0 Å². The van der Waals surface area contributed by atoms with Crippen molar-refractivity contribution in [3.63, 3.8) is 0 Å². The van der Waals surface area contributed by atoms with Gasteiger partial charge in [-0.15, -0.1) is 0 Å². The van der Waals surface area contributed by atoms with Gasteiger partial charge in [-0.3, -0.25) is 9.48 Å². The fraction of sp³-hybridized carbons (Fsp3) is 0.143. The summed E-state index contributed by atoms with van der Waals surface area (Å²) < 4.78 is 2.43. The van der Waals surface area contributed by atoms with Crippen LogP contribution in [0.25, 0.3) is 10.9 Å². The molecule has 2 N–H and O–H groups in total. The number of aromatic nitrogens is 3. The molecule has 0 aliphatic heterocycles. The van der Waals surface area contributed by atoms with Crippen LogP contribution in [0.2, 0.25) is 10.0 Å². The number of amides is 1. The maximum atomic E-state index is 12.4. The first-order chi connectivity index (χ1) is 14.0. The van der Waals surface area contributed by atoms with Crippen molar-refractivity contribution < 1.29 is 4.79 Å². The molecule has 2 heterocycles. The highest BCUT2D eigenvalue weighted by Crippen LogP contribution is 2.25. The summed E-state index contributed by atoms with van der Waals surface area (Å²) in [6, 6.07) is 13.4. The minimum atomic E-state index is -0.0919. The number of carbonyl (C=O) groups is 1. The first-order valence-electron chi connectivity index (χ1n) is 9.01. The van der Waals surface area contributed by atoms with Crippen LogP contribution in [0.5, 0.6) is 0 Å². The third kappa shape index (κ3) is 4.66. The Labute approximate surface area is 186 Å². The predicted octanol–water partition coefficient (Wildman–Crippen LogP) is 6.05. The maximum absolute atomic E-state index is 12.4. The smallest absolute Gasteiger partial charge is 0.225 e. The lowest BCUT2D eigenvalue weighted by molar-refractivity contribution is -0.116. The number of hydrogen-bond donors (Lipinski definition) is 2. The van der Waals surface area contributed by atoms with Gasteiger partial charge in [0, 0.05) is 39.8 Å². The van der Waals surface area contributed by atoms with E-state index >= 15 is 0 Å². The normalized spacial score (nSPS) is 11.1. The van der Waals surface area contributed by atoms with Crippen molar-refractivity contribution in [2.45, 2.75) is 19.4 Å². The monoisotopic (exact) mass is 490 g/mol. The highest BCUT2D eigenvalue weighted by Gasteiger charge is 2.13. The molecule has 0 fully saturated rings. The Morgan fingerprint density at radius 2 is 2.00 bits per heavy atom. The fourth-order valence-corrected chi connectivity index (χ4v) is 4.05. The van der Waals surface area contributed by atoms with Crippen molar-refractivity contribution in [2.24, 2.45) is 0 Å². The first kappa shape index (κ1) is 20.0. The van der Waals surface area contributed by atoms with Gasteiger partial charge in [-0.1, -0.05) is 47.5 Å². The van der Waals surface area contributed by atoms with Gasteiger partial charge < -0.3 is 10.3 Å². The van der Waals surface area contributed by atoms with E-state index in [1.165, 1.54) is 0 Å². The molecule has 4 aromatic rings. The second-order valence-corrected chi connectivity index (χ2v) is 8.36. The molecule has 0 aliphatic rings. The topological polar surface area (TPSA) is 62.7 Å². The summed E-state index contributed by atoms with van der Waals surface area (Å²) in [5.41, 5.74) is 3.09. The highest BCUT2D eigenvalue weighted by atomic mass is 79.9. The molecule has 2 aromatic carbocycles. The molecule has 0 atom stereocenters. The molecule has 0 bridgehead atoms. The molecule has 1 amide bonds. The summed E-state index contributed by atoms with van der Waals surface area (Å²) in [7, 11) is 0. The lowest BCUT2D eigenvalue weighted by Crippen LogP contribution is -2.13. The standard InChI is InChI=1S/C21H17BrCl2N4O/c22-17-12-28(11-14-5-7-15(23)9-18(14)24)27-21(17)26-20(29)8-6-13-10-25-19-4-2-1-3-16(13)19/h1-5,7,9-10,12,25H,6,8,11H2,(H,26,27,29). The van der Waals surface area contributed by atoms with Crippen molar-refractivity contribution in [2.75, 3.05) is 5.32 Å². The van der Waals surface area contributed by atoms with Crippen molar-refractivity contribution in [1.82, 2.24) is 14.8 Å². The molecule has 5 nitrogen and oxygen atoms in total. The summed E-state index contributed by atoms with van der Waals surface area (Å²) >= 11 is 15.6. The average Bonchev–Trinajstić information content (AvgIpc) is 3.26. The number of H-pyrrole nitrogens is 1. The summed E-state index contributed by atoms with van der Waals surface area (Å²) in [6.07, 6.45) is 4.78. The van der Waals surface area contributed by atoms with E-state index in [-0.39, 0.29) is 5.91 Å². The molecule has 148 valence electrons. The van der Waals surface area contributed by atoms with Gasteiger partial charge in [-0.2, -0.15) is 5.10 Å². The number of aryl methyl sites for hydroxylation is 1. The van der Waals surface area contributed by atoms with Crippen molar-refractivity contribution in [3.05, 3.63) is 80.5 Å². The van der Waals surface area contributed by atoms with E-state index < -0.39 is 0 Å². The molecule has 0 saturated carbocycles. The van der Waals surface area contributed by atoms with E-state index in [0.717, 1.165) is 22.0 Å². The minimum absolute atomic E-state index is 0.0919. The summed E-state index contributed by atoms with van der Waals surface area (Å²) in [5.74, 6) is 0.393. The van der Waals surface area contributed by atoms with Crippen LogP contribution in [0.3, 0.4) is 0 Å². The molecule has 2 aromatic heterocycles. The number of aromatic amines is 1. The Hall–Kier alpha value is -2.28. The van der Waals surface area contributed by atoms with Crippen molar-refractivity contribution >= 4 is 61.8 Å². The van der Waals surface area contributed by atoms with Gasteiger partial charge in [0.2, 0.25) is 5.91 Å². The second kappa shape index (κ2) is 8.61. The van der Waals surface area contributed by atoms with Crippen molar-refractivity contribution in [1.29, 1.82) is 0 Å². The van der Waals surface area contributed by atoms with Gasteiger partial charge in [0.15, 0.2) is 5.82 Å². The second-order valence-electron chi connectivity index (χ2n) is 6.67. The SMILES string of the molecule is O=C(CCc1c[nH]c2ccccc12)Nc1nn(Cc2ccc(Cl)cc2Cl)cc1Br. The van der Waals surface area contributed by atoms with Crippen LogP contribution in [0, 0.1) is 0 Å². The average molecular weight is 492 g/mol. The van der Waals surface area contributed by atoms with Gasteiger partial charge in [-0.25, -0.2) is 0 Å². The Morgan fingerprint density at radius 3 is 2.83 bits per heavy atom. The lowest BCUT2D eigenvalue weighted by Gasteiger charge is -2.05. The molecule has 29 heavy (non-hydrogen) atoms. The van der Waals surface area contributed by atoms with Crippen LogP contribution in [0.15, 0.2) is 59.3 Å². The van der Waals surface area contributed by atoms with E-state index in [9.17, 15) is 4.79 Å². The van der Waals surface area contributed by atoms with Crippen LogP contribution >= 0.6 is 39.1 Å². The van der Waals surface area contributed by atoms with E-state index in [2.05, 4.69) is 37.4 Å². The van der Waals surface area contributed by atoms with Crippen LogP contribution in [0.4, 0.5) is 5.82 Å². The Balaban J connectivity index is 1.39. The Bertz CT molecular complexity index is 1180. The summed E-state index contributed by atoms with van der Waals surface area (Å²) in [6.45, 7) is 0.472. The van der Waals surface area contributed by atoms with E-state index in [0.29, 0.717) is 39.7 Å². The predicted molar refractivity (Wildman–Crippen MR) is 121 cm³/mol. The number of rotatable bonds is 6. The molecule has 0 unspecified atom stereocenters. The zero-order valence-electron chi connectivity index (χ0n) is 15.3. The van der Waals surface area contributed by atoms with Gasteiger partial charge in [0.25, 0.3) is 0 Å². The quantitative estimate of drug-likeness (QED) is 0.344. The number of carbonyl (C=O) groups excluding carboxylic acids is 1. The molecular formula is C21H17BrCl2N4O. The number of fused-ring (bicyclic) bond motifs is 1.